The Morgan fingerprint density at radius 2 is 2.33 bits per heavy atom. The van der Waals surface area contributed by atoms with Gasteiger partial charge >= 0.3 is 0 Å². The van der Waals surface area contributed by atoms with Crippen molar-refractivity contribution in [3.63, 3.8) is 0 Å². The molecular weight excluding hydrogens is 230 g/mol. The Morgan fingerprint density at radius 3 is 2.87 bits per heavy atom. The molecule has 0 unspecified atom stereocenters. The molecule has 1 heterocycles. The SMILES string of the molecule is CSC(=NCc1cccnc1Cl)N(C)C. The lowest BCUT2D eigenvalue weighted by atomic mass is 10.3. The first kappa shape index (κ1) is 12.3. The third kappa shape index (κ3) is 3.72. The van der Waals surface area contributed by atoms with E-state index in [9.17, 15) is 0 Å². The molecule has 3 nitrogen and oxygen atoms in total. The van der Waals surface area contributed by atoms with Crippen molar-refractivity contribution >= 4 is 28.5 Å². The van der Waals surface area contributed by atoms with Crippen LogP contribution in [0.15, 0.2) is 23.3 Å². The molecule has 0 N–H and O–H groups in total. The maximum atomic E-state index is 5.93. The Balaban J connectivity index is 2.75. The first-order valence-electron chi connectivity index (χ1n) is 4.50. The molecule has 0 saturated carbocycles. The van der Waals surface area contributed by atoms with Crippen molar-refractivity contribution in [1.82, 2.24) is 9.88 Å². The summed E-state index contributed by atoms with van der Waals surface area (Å²) < 4.78 is 0. The monoisotopic (exact) mass is 243 g/mol. The number of amidine groups is 1. The zero-order valence-corrected chi connectivity index (χ0v) is 10.6. The molecular formula is C10H14ClN3S. The van der Waals surface area contributed by atoms with Gasteiger partial charge in [0.15, 0.2) is 5.17 Å². The minimum absolute atomic E-state index is 0.528. The standard InChI is InChI=1S/C10H14ClN3S/c1-14(2)10(15-3)13-7-8-5-4-6-12-9(8)11/h4-6H,7H2,1-3H3. The average molecular weight is 244 g/mol. The molecule has 0 saturated heterocycles. The highest BCUT2D eigenvalue weighted by Gasteiger charge is 2.02. The smallest absolute Gasteiger partial charge is 0.158 e. The molecule has 0 amide bonds. The van der Waals surface area contributed by atoms with Crippen LogP contribution in [0.2, 0.25) is 5.15 Å². The number of thioether (sulfide) groups is 1. The van der Waals surface area contributed by atoms with E-state index in [2.05, 4.69) is 9.98 Å². The molecule has 0 bridgehead atoms. The summed E-state index contributed by atoms with van der Waals surface area (Å²) >= 11 is 7.55. The predicted octanol–water partition coefficient (Wildman–Crippen LogP) is 2.52. The summed E-state index contributed by atoms with van der Waals surface area (Å²) in [6, 6.07) is 3.80. The molecule has 0 aliphatic carbocycles. The molecule has 1 aromatic heterocycles. The van der Waals surface area contributed by atoms with E-state index in [4.69, 9.17) is 11.6 Å². The molecule has 82 valence electrons. The van der Waals surface area contributed by atoms with E-state index in [0.29, 0.717) is 11.7 Å². The number of nitrogens with zero attached hydrogens (tertiary/aromatic N) is 3. The quantitative estimate of drug-likeness (QED) is 0.454. The Morgan fingerprint density at radius 1 is 1.60 bits per heavy atom. The number of pyridine rings is 1. The van der Waals surface area contributed by atoms with Crippen LogP contribution in [0, 0.1) is 0 Å². The first-order chi connectivity index (χ1) is 7.15. The topological polar surface area (TPSA) is 28.5 Å². The minimum Gasteiger partial charge on any atom is -0.358 e. The second-order valence-electron chi connectivity index (χ2n) is 3.15. The van der Waals surface area contributed by atoms with Crippen molar-refractivity contribution in [2.75, 3.05) is 20.4 Å². The molecule has 0 spiro atoms. The van der Waals surface area contributed by atoms with Gasteiger partial charge in [-0.3, -0.25) is 4.99 Å². The van der Waals surface area contributed by atoms with Gasteiger partial charge in [0.05, 0.1) is 6.54 Å². The Bertz CT molecular complexity index is 352. The van der Waals surface area contributed by atoms with Crippen LogP contribution in [-0.4, -0.2) is 35.4 Å². The highest BCUT2D eigenvalue weighted by Crippen LogP contribution is 2.13. The molecule has 5 heteroatoms. The Hall–Kier alpha value is -0.740. The highest BCUT2D eigenvalue weighted by atomic mass is 35.5. The van der Waals surface area contributed by atoms with Crippen LogP contribution in [0.25, 0.3) is 0 Å². The van der Waals surface area contributed by atoms with Gasteiger partial charge in [-0.05, 0) is 12.3 Å². The summed E-state index contributed by atoms with van der Waals surface area (Å²) in [4.78, 5) is 10.4. The van der Waals surface area contributed by atoms with Crippen molar-refractivity contribution in [2.24, 2.45) is 4.99 Å². The van der Waals surface area contributed by atoms with Crippen LogP contribution in [0.1, 0.15) is 5.56 Å². The number of rotatable bonds is 2. The highest BCUT2D eigenvalue weighted by molar-refractivity contribution is 8.13. The van der Waals surface area contributed by atoms with Crippen LogP contribution in [-0.2, 0) is 6.54 Å². The second kappa shape index (κ2) is 5.98. The van der Waals surface area contributed by atoms with Crippen LogP contribution >= 0.6 is 23.4 Å². The zero-order valence-electron chi connectivity index (χ0n) is 9.07. The molecule has 0 aromatic carbocycles. The van der Waals surface area contributed by atoms with Gasteiger partial charge in [0.25, 0.3) is 0 Å². The lowest BCUT2D eigenvalue weighted by molar-refractivity contribution is 0.632. The molecule has 0 aliphatic heterocycles. The Kier molecular flexibility index (Phi) is 4.91. The van der Waals surface area contributed by atoms with Gasteiger partial charge in [-0.1, -0.05) is 29.4 Å². The van der Waals surface area contributed by atoms with E-state index < -0.39 is 0 Å². The van der Waals surface area contributed by atoms with Gasteiger partial charge in [-0.2, -0.15) is 0 Å². The fourth-order valence-electron chi connectivity index (χ4n) is 1.08. The average Bonchev–Trinajstić information content (AvgIpc) is 2.21. The summed E-state index contributed by atoms with van der Waals surface area (Å²) in [6.07, 6.45) is 3.68. The van der Waals surface area contributed by atoms with Crippen molar-refractivity contribution in [3.8, 4) is 0 Å². The van der Waals surface area contributed by atoms with Gasteiger partial charge in [0.2, 0.25) is 0 Å². The summed E-state index contributed by atoms with van der Waals surface area (Å²) in [5, 5.41) is 1.51. The number of hydrogen-bond donors (Lipinski definition) is 0. The normalized spacial score (nSPS) is 11.6. The predicted molar refractivity (Wildman–Crippen MR) is 67.6 cm³/mol. The minimum atomic E-state index is 0.528. The maximum Gasteiger partial charge on any atom is 0.158 e. The maximum absolute atomic E-state index is 5.93. The van der Waals surface area contributed by atoms with Crippen molar-refractivity contribution in [2.45, 2.75) is 6.54 Å². The van der Waals surface area contributed by atoms with Crippen molar-refractivity contribution < 1.29 is 0 Å². The van der Waals surface area contributed by atoms with Gasteiger partial charge in [-0.15, -0.1) is 0 Å². The fraction of sp³-hybridized carbons (Fsp3) is 0.400. The fourth-order valence-corrected chi connectivity index (χ4v) is 1.82. The van der Waals surface area contributed by atoms with Gasteiger partial charge in [-0.25, -0.2) is 4.98 Å². The van der Waals surface area contributed by atoms with Crippen LogP contribution in [0.5, 0.6) is 0 Å². The molecule has 0 atom stereocenters. The summed E-state index contributed by atoms with van der Waals surface area (Å²) in [5.41, 5.74) is 0.951. The van der Waals surface area contributed by atoms with E-state index >= 15 is 0 Å². The van der Waals surface area contributed by atoms with Gasteiger partial charge < -0.3 is 4.90 Å². The lowest BCUT2D eigenvalue weighted by Gasteiger charge is -2.13. The van der Waals surface area contributed by atoms with E-state index in [1.54, 1.807) is 18.0 Å². The van der Waals surface area contributed by atoms with E-state index in [0.717, 1.165) is 10.7 Å². The summed E-state index contributed by atoms with van der Waals surface area (Å²) in [6.45, 7) is 0.570. The van der Waals surface area contributed by atoms with E-state index in [1.165, 1.54) is 0 Å². The van der Waals surface area contributed by atoms with Gasteiger partial charge in [0.1, 0.15) is 5.15 Å². The molecule has 0 aliphatic rings. The number of aromatic nitrogens is 1. The summed E-state index contributed by atoms with van der Waals surface area (Å²) in [5.74, 6) is 0. The first-order valence-corrected chi connectivity index (χ1v) is 6.10. The Labute approximate surface area is 99.6 Å². The van der Waals surface area contributed by atoms with E-state index in [-0.39, 0.29) is 0 Å². The largest absolute Gasteiger partial charge is 0.358 e. The molecule has 15 heavy (non-hydrogen) atoms. The lowest BCUT2D eigenvalue weighted by Crippen LogP contribution is -2.18. The van der Waals surface area contributed by atoms with Crippen LogP contribution in [0.4, 0.5) is 0 Å². The van der Waals surface area contributed by atoms with Crippen molar-refractivity contribution in [1.29, 1.82) is 0 Å². The van der Waals surface area contributed by atoms with Crippen LogP contribution in [0.3, 0.4) is 0 Å². The zero-order chi connectivity index (χ0) is 11.3. The number of aliphatic imine (C=N–C) groups is 1. The molecule has 1 aromatic rings. The molecule has 0 fully saturated rings. The second-order valence-corrected chi connectivity index (χ2v) is 4.28. The van der Waals surface area contributed by atoms with E-state index in [1.807, 2.05) is 37.4 Å². The van der Waals surface area contributed by atoms with Crippen molar-refractivity contribution in [3.05, 3.63) is 29.0 Å². The summed E-state index contributed by atoms with van der Waals surface area (Å²) in [7, 11) is 3.94. The molecule has 0 radical (unpaired) electrons. The third-order valence-corrected chi connectivity index (χ3v) is 2.99. The number of hydrogen-bond acceptors (Lipinski definition) is 3. The van der Waals surface area contributed by atoms with Gasteiger partial charge in [0, 0.05) is 25.9 Å². The van der Waals surface area contributed by atoms with Crippen LogP contribution < -0.4 is 0 Å². The third-order valence-electron chi connectivity index (χ3n) is 1.79. The molecule has 1 rings (SSSR count). The number of halogens is 1.